The molecule has 0 bridgehead atoms. The fraction of sp³-hybridized carbons (Fsp3) is 0.526. The molecule has 1 atom stereocenters. The number of hydrogen-bond donors (Lipinski definition) is 0. The highest BCUT2D eigenvalue weighted by Gasteiger charge is 2.46. The zero-order valence-electron chi connectivity index (χ0n) is 13.6. The Morgan fingerprint density at radius 2 is 2.14 bits per heavy atom. The summed E-state index contributed by atoms with van der Waals surface area (Å²) in [6, 6.07) is 4.18. The average Bonchev–Trinajstić information content (AvgIpc) is 2.86. The summed E-state index contributed by atoms with van der Waals surface area (Å²) in [5.74, 6) is 1.20. The molecule has 0 saturated carbocycles. The predicted molar refractivity (Wildman–Crippen MR) is 93.5 cm³/mol. The van der Waals surface area contributed by atoms with Crippen molar-refractivity contribution in [2.75, 3.05) is 7.11 Å². The van der Waals surface area contributed by atoms with Crippen LogP contribution in [0.15, 0.2) is 16.6 Å². The van der Waals surface area contributed by atoms with Gasteiger partial charge in [-0.15, -0.1) is 0 Å². The summed E-state index contributed by atoms with van der Waals surface area (Å²) >= 11 is 3.62. The number of ketones is 1. The van der Waals surface area contributed by atoms with Crippen LogP contribution < -0.4 is 4.74 Å². The number of carbonyl (C=O) groups excluding carboxylic acids is 1. The Morgan fingerprint density at radius 1 is 1.36 bits per heavy atom. The van der Waals surface area contributed by atoms with E-state index in [2.05, 4.69) is 35.8 Å². The molecule has 118 valence electrons. The Morgan fingerprint density at radius 3 is 2.82 bits per heavy atom. The van der Waals surface area contributed by atoms with Crippen LogP contribution >= 0.6 is 15.9 Å². The molecule has 0 spiro atoms. The Balaban J connectivity index is 2.18. The molecule has 3 heteroatoms. The van der Waals surface area contributed by atoms with E-state index in [-0.39, 0.29) is 11.2 Å². The molecule has 0 radical (unpaired) electrons. The van der Waals surface area contributed by atoms with Crippen molar-refractivity contribution in [1.29, 1.82) is 0 Å². The molecule has 2 aliphatic carbocycles. The van der Waals surface area contributed by atoms with Gasteiger partial charge in [0, 0.05) is 11.8 Å². The fourth-order valence-corrected chi connectivity index (χ4v) is 4.98. The summed E-state index contributed by atoms with van der Waals surface area (Å²) in [5, 5.41) is 0. The van der Waals surface area contributed by atoms with E-state index in [1.165, 1.54) is 35.1 Å². The molecule has 0 amide bonds. The van der Waals surface area contributed by atoms with Crippen LogP contribution in [-0.4, -0.2) is 12.9 Å². The standard InChI is InChI=1S/C19H23BrO2/c1-4-5-9-19-10-8-15(21)18(20)17(19)13-6-7-16(22-3)12(2)14(13)11-19/h6-7H,4-5,8-11H2,1-3H3. The number of halogens is 1. The lowest BCUT2D eigenvalue weighted by molar-refractivity contribution is -0.115. The van der Waals surface area contributed by atoms with Crippen LogP contribution in [0.3, 0.4) is 0 Å². The van der Waals surface area contributed by atoms with Crippen LogP contribution in [0.25, 0.3) is 5.57 Å². The maximum atomic E-state index is 12.2. The number of hydrogen-bond acceptors (Lipinski definition) is 2. The van der Waals surface area contributed by atoms with Crippen LogP contribution in [-0.2, 0) is 11.2 Å². The number of unbranched alkanes of at least 4 members (excludes halogenated alkanes) is 1. The number of allylic oxidation sites excluding steroid dienone is 2. The van der Waals surface area contributed by atoms with Gasteiger partial charge in [0.2, 0.25) is 0 Å². The molecular formula is C19H23BrO2. The summed E-state index contributed by atoms with van der Waals surface area (Å²) in [6.45, 7) is 4.37. The van der Waals surface area contributed by atoms with Gasteiger partial charge in [-0.1, -0.05) is 25.8 Å². The van der Waals surface area contributed by atoms with E-state index in [4.69, 9.17) is 4.74 Å². The summed E-state index contributed by atoms with van der Waals surface area (Å²) < 4.78 is 6.31. The van der Waals surface area contributed by atoms with E-state index in [1.54, 1.807) is 7.11 Å². The lowest BCUT2D eigenvalue weighted by Crippen LogP contribution is -2.27. The van der Waals surface area contributed by atoms with Gasteiger partial charge < -0.3 is 4.74 Å². The first kappa shape index (κ1) is 15.8. The highest BCUT2D eigenvalue weighted by molar-refractivity contribution is 9.12. The monoisotopic (exact) mass is 362 g/mol. The second-order valence-electron chi connectivity index (χ2n) is 6.59. The van der Waals surface area contributed by atoms with Crippen LogP contribution in [0.5, 0.6) is 5.75 Å². The maximum absolute atomic E-state index is 12.2. The number of carbonyl (C=O) groups is 1. The van der Waals surface area contributed by atoms with Crippen molar-refractivity contribution >= 4 is 27.3 Å². The van der Waals surface area contributed by atoms with Gasteiger partial charge in [-0.05, 0) is 70.4 Å². The molecule has 0 aromatic heterocycles. The Labute approximate surface area is 141 Å². The van der Waals surface area contributed by atoms with Gasteiger partial charge in [0.1, 0.15) is 5.75 Å². The SMILES string of the molecule is CCCCC12CCC(=O)C(Br)=C1c1ccc(OC)c(C)c1C2. The predicted octanol–water partition coefficient (Wildman–Crippen LogP) is 5.21. The summed E-state index contributed by atoms with van der Waals surface area (Å²) in [6.07, 6.45) is 6.26. The Hall–Kier alpha value is -1.09. The number of Topliss-reactive ketones (excluding diaryl/α,β-unsaturated/α-hetero) is 1. The molecule has 1 aromatic rings. The van der Waals surface area contributed by atoms with Gasteiger partial charge in [-0.3, -0.25) is 4.79 Å². The van der Waals surface area contributed by atoms with Crippen molar-refractivity contribution < 1.29 is 9.53 Å². The number of rotatable bonds is 4. The first-order valence-corrected chi connectivity index (χ1v) is 8.93. The average molecular weight is 363 g/mol. The molecule has 2 aliphatic rings. The molecule has 0 saturated heterocycles. The molecule has 0 heterocycles. The summed E-state index contributed by atoms with van der Waals surface area (Å²) in [5.41, 5.74) is 5.26. The van der Waals surface area contributed by atoms with Crippen molar-refractivity contribution in [3.63, 3.8) is 0 Å². The third kappa shape index (κ3) is 2.25. The summed E-state index contributed by atoms with van der Waals surface area (Å²) in [4.78, 5) is 12.2. The molecule has 1 aromatic carbocycles. The summed E-state index contributed by atoms with van der Waals surface area (Å²) in [7, 11) is 1.72. The van der Waals surface area contributed by atoms with E-state index in [9.17, 15) is 4.79 Å². The maximum Gasteiger partial charge on any atom is 0.170 e. The molecule has 2 nitrogen and oxygen atoms in total. The van der Waals surface area contributed by atoms with E-state index in [0.29, 0.717) is 6.42 Å². The van der Waals surface area contributed by atoms with Crippen molar-refractivity contribution in [2.45, 2.75) is 52.4 Å². The quantitative estimate of drug-likeness (QED) is 0.735. The molecule has 0 aliphatic heterocycles. The Bertz CT molecular complexity index is 660. The molecule has 22 heavy (non-hydrogen) atoms. The lowest BCUT2D eigenvalue weighted by atomic mass is 9.69. The van der Waals surface area contributed by atoms with Crippen LogP contribution in [0.1, 0.15) is 55.7 Å². The normalized spacial score (nSPS) is 23.5. The first-order valence-electron chi connectivity index (χ1n) is 8.14. The van der Waals surface area contributed by atoms with Crippen LogP contribution in [0.4, 0.5) is 0 Å². The molecule has 1 unspecified atom stereocenters. The highest BCUT2D eigenvalue weighted by atomic mass is 79.9. The number of methoxy groups -OCH3 is 1. The van der Waals surface area contributed by atoms with Crippen molar-refractivity contribution in [3.05, 3.63) is 33.3 Å². The first-order chi connectivity index (χ1) is 10.5. The fourth-order valence-electron chi connectivity index (χ4n) is 4.15. The number of fused-ring (bicyclic) bond motifs is 3. The van der Waals surface area contributed by atoms with Gasteiger partial charge in [-0.25, -0.2) is 0 Å². The highest BCUT2D eigenvalue weighted by Crippen LogP contribution is 2.58. The lowest BCUT2D eigenvalue weighted by Gasteiger charge is -2.35. The zero-order chi connectivity index (χ0) is 15.9. The van der Waals surface area contributed by atoms with E-state index in [1.807, 2.05) is 6.07 Å². The van der Waals surface area contributed by atoms with Gasteiger partial charge >= 0.3 is 0 Å². The largest absolute Gasteiger partial charge is 0.496 e. The van der Waals surface area contributed by atoms with Crippen molar-refractivity contribution in [3.8, 4) is 5.75 Å². The minimum absolute atomic E-state index is 0.141. The van der Waals surface area contributed by atoms with E-state index < -0.39 is 0 Å². The second-order valence-corrected chi connectivity index (χ2v) is 7.38. The Kier molecular flexibility index (Phi) is 4.19. The minimum atomic E-state index is 0.141. The van der Waals surface area contributed by atoms with Crippen LogP contribution in [0.2, 0.25) is 0 Å². The molecule has 0 N–H and O–H groups in total. The van der Waals surface area contributed by atoms with Gasteiger partial charge in [-0.2, -0.15) is 0 Å². The number of benzene rings is 1. The zero-order valence-corrected chi connectivity index (χ0v) is 15.2. The molecule has 0 fully saturated rings. The molecular weight excluding hydrogens is 340 g/mol. The smallest absolute Gasteiger partial charge is 0.170 e. The van der Waals surface area contributed by atoms with Gasteiger partial charge in [0.05, 0.1) is 11.6 Å². The van der Waals surface area contributed by atoms with Crippen LogP contribution in [0, 0.1) is 12.3 Å². The van der Waals surface area contributed by atoms with Crippen molar-refractivity contribution in [1.82, 2.24) is 0 Å². The number of ether oxygens (including phenoxy) is 1. The van der Waals surface area contributed by atoms with Gasteiger partial charge in [0.15, 0.2) is 5.78 Å². The topological polar surface area (TPSA) is 26.3 Å². The minimum Gasteiger partial charge on any atom is -0.496 e. The van der Waals surface area contributed by atoms with Gasteiger partial charge in [0.25, 0.3) is 0 Å². The second kappa shape index (κ2) is 5.84. The van der Waals surface area contributed by atoms with Crippen molar-refractivity contribution in [2.24, 2.45) is 5.41 Å². The van der Waals surface area contributed by atoms with E-state index in [0.717, 1.165) is 29.5 Å². The third-order valence-corrected chi connectivity index (χ3v) is 6.23. The van der Waals surface area contributed by atoms with E-state index >= 15 is 0 Å². The molecule has 3 rings (SSSR count). The third-order valence-electron chi connectivity index (χ3n) is 5.39.